The van der Waals surface area contributed by atoms with Gasteiger partial charge in [0.25, 0.3) is 0 Å². The molecule has 2 amide bonds. The molecule has 0 aliphatic rings. The van der Waals surface area contributed by atoms with Crippen molar-refractivity contribution in [2.24, 2.45) is 5.73 Å². The third-order valence-electron chi connectivity index (χ3n) is 1.89. The third-order valence-corrected chi connectivity index (χ3v) is 2.76. The van der Waals surface area contributed by atoms with Crippen molar-refractivity contribution < 1.29 is 14.7 Å². The van der Waals surface area contributed by atoms with Crippen LogP contribution in [0.15, 0.2) is 17.5 Å². The van der Waals surface area contributed by atoms with Crippen molar-refractivity contribution in [3.63, 3.8) is 0 Å². The second-order valence-corrected chi connectivity index (χ2v) is 4.03. The molecule has 6 heteroatoms. The lowest BCUT2D eigenvalue weighted by molar-refractivity contribution is -0.137. The molecular weight excluding hydrogens is 216 g/mol. The quantitative estimate of drug-likeness (QED) is 0.819. The van der Waals surface area contributed by atoms with E-state index in [1.165, 1.54) is 16.2 Å². The third kappa shape index (κ3) is 2.95. The molecule has 0 saturated heterocycles. The van der Waals surface area contributed by atoms with E-state index >= 15 is 0 Å². The number of rotatable bonds is 4. The van der Waals surface area contributed by atoms with Crippen molar-refractivity contribution in [1.82, 2.24) is 0 Å². The van der Waals surface area contributed by atoms with Crippen LogP contribution in [0.2, 0.25) is 0 Å². The summed E-state index contributed by atoms with van der Waals surface area (Å²) in [6, 6.07) is 2.43. The highest BCUT2D eigenvalue weighted by Crippen LogP contribution is 2.24. The lowest BCUT2D eigenvalue weighted by Crippen LogP contribution is -2.42. The highest BCUT2D eigenvalue weighted by molar-refractivity contribution is 7.14. The average molecular weight is 228 g/mol. The van der Waals surface area contributed by atoms with E-state index in [0.29, 0.717) is 5.00 Å². The van der Waals surface area contributed by atoms with E-state index in [0.717, 1.165) is 0 Å². The van der Waals surface area contributed by atoms with Crippen molar-refractivity contribution >= 4 is 28.3 Å². The number of amides is 2. The van der Waals surface area contributed by atoms with Crippen molar-refractivity contribution in [3.8, 4) is 0 Å². The summed E-state index contributed by atoms with van der Waals surface area (Å²) in [7, 11) is 0. The number of thiophene rings is 1. The molecule has 1 aromatic rings. The molecule has 0 bridgehead atoms. The number of nitrogens with two attached hydrogens (primary N) is 1. The van der Waals surface area contributed by atoms with E-state index in [2.05, 4.69) is 0 Å². The fourth-order valence-corrected chi connectivity index (χ4v) is 2.13. The zero-order valence-corrected chi connectivity index (χ0v) is 9.03. The van der Waals surface area contributed by atoms with E-state index in [9.17, 15) is 9.59 Å². The van der Waals surface area contributed by atoms with Crippen LogP contribution in [0.1, 0.15) is 13.3 Å². The summed E-state index contributed by atoms with van der Waals surface area (Å²) in [4.78, 5) is 23.0. The number of hydrogen-bond donors (Lipinski definition) is 2. The van der Waals surface area contributed by atoms with Gasteiger partial charge in [0.15, 0.2) is 0 Å². The van der Waals surface area contributed by atoms with Gasteiger partial charge in [0.1, 0.15) is 0 Å². The summed E-state index contributed by atoms with van der Waals surface area (Å²) in [6.07, 6.45) is -0.124. The van der Waals surface area contributed by atoms with Crippen LogP contribution >= 0.6 is 11.3 Å². The number of urea groups is 1. The van der Waals surface area contributed by atoms with Gasteiger partial charge in [0, 0.05) is 6.04 Å². The maximum absolute atomic E-state index is 11.2. The lowest BCUT2D eigenvalue weighted by Gasteiger charge is -2.24. The van der Waals surface area contributed by atoms with Crippen molar-refractivity contribution in [1.29, 1.82) is 0 Å². The second kappa shape index (κ2) is 4.79. The summed E-state index contributed by atoms with van der Waals surface area (Å²) < 4.78 is 0. The Hall–Kier alpha value is -1.56. The Bertz CT molecular complexity index is 350. The largest absolute Gasteiger partial charge is 0.481 e. The topological polar surface area (TPSA) is 83.6 Å². The van der Waals surface area contributed by atoms with E-state index < -0.39 is 18.0 Å². The molecule has 1 rings (SSSR count). The van der Waals surface area contributed by atoms with E-state index in [-0.39, 0.29) is 6.42 Å². The highest BCUT2D eigenvalue weighted by Gasteiger charge is 2.22. The molecule has 0 aromatic carbocycles. The van der Waals surface area contributed by atoms with Gasteiger partial charge < -0.3 is 10.8 Å². The molecule has 0 aliphatic heterocycles. The molecule has 0 aliphatic carbocycles. The zero-order valence-electron chi connectivity index (χ0n) is 8.21. The Labute approximate surface area is 91.1 Å². The molecular formula is C9H12N2O3S. The molecule has 15 heavy (non-hydrogen) atoms. The van der Waals surface area contributed by atoms with Gasteiger partial charge in [-0.05, 0) is 24.4 Å². The molecule has 1 atom stereocenters. The van der Waals surface area contributed by atoms with Gasteiger partial charge in [-0.25, -0.2) is 4.79 Å². The molecule has 0 saturated carbocycles. The predicted molar refractivity (Wildman–Crippen MR) is 58.1 cm³/mol. The monoisotopic (exact) mass is 228 g/mol. The number of carbonyl (C=O) groups excluding carboxylic acids is 1. The molecule has 3 N–H and O–H groups in total. The van der Waals surface area contributed by atoms with Crippen LogP contribution in [-0.2, 0) is 4.79 Å². The SMILES string of the molecule is CC(CC(=O)O)N(C(N)=O)c1cccs1. The van der Waals surface area contributed by atoms with E-state index in [1.54, 1.807) is 24.4 Å². The predicted octanol–water partition coefficient (Wildman–Crippen LogP) is 1.50. The number of aliphatic carboxylic acids is 1. The Kier molecular flexibility index (Phi) is 3.68. The first-order valence-electron chi connectivity index (χ1n) is 4.36. The first-order chi connectivity index (χ1) is 7.02. The standard InChI is InChI=1S/C9H12N2O3S/c1-6(5-8(12)13)11(9(10)14)7-3-2-4-15-7/h2-4,6H,5H2,1H3,(H2,10,14)(H,12,13). The van der Waals surface area contributed by atoms with Crippen molar-refractivity contribution in [2.45, 2.75) is 19.4 Å². The van der Waals surface area contributed by atoms with Crippen LogP contribution in [0.4, 0.5) is 9.80 Å². The first-order valence-corrected chi connectivity index (χ1v) is 5.24. The second-order valence-electron chi connectivity index (χ2n) is 3.11. The fraction of sp³-hybridized carbons (Fsp3) is 0.333. The number of carboxylic acids is 1. The molecule has 1 unspecified atom stereocenters. The number of carbonyl (C=O) groups is 2. The molecule has 0 fully saturated rings. The van der Waals surface area contributed by atoms with Crippen LogP contribution in [0.25, 0.3) is 0 Å². The minimum Gasteiger partial charge on any atom is -0.481 e. The Morgan fingerprint density at radius 3 is 2.73 bits per heavy atom. The molecule has 0 radical (unpaired) electrons. The number of primary amides is 1. The first kappa shape index (κ1) is 11.5. The van der Waals surface area contributed by atoms with Crippen LogP contribution in [0.5, 0.6) is 0 Å². The smallest absolute Gasteiger partial charge is 0.320 e. The van der Waals surface area contributed by atoms with E-state index in [4.69, 9.17) is 10.8 Å². The summed E-state index contributed by atoms with van der Waals surface area (Å²) in [5, 5.41) is 11.1. The van der Waals surface area contributed by atoms with Crippen molar-refractivity contribution in [2.75, 3.05) is 4.90 Å². The fourth-order valence-electron chi connectivity index (χ4n) is 1.29. The lowest BCUT2D eigenvalue weighted by atomic mass is 10.2. The maximum Gasteiger partial charge on any atom is 0.320 e. The summed E-state index contributed by atoms with van der Waals surface area (Å²) >= 11 is 1.35. The Balaban J connectivity index is 2.84. The minimum atomic E-state index is -0.953. The van der Waals surface area contributed by atoms with Crippen LogP contribution in [0, 0.1) is 0 Å². The van der Waals surface area contributed by atoms with Gasteiger partial charge in [-0.2, -0.15) is 0 Å². The van der Waals surface area contributed by atoms with Crippen LogP contribution < -0.4 is 10.6 Å². The van der Waals surface area contributed by atoms with Crippen molar-refractivity contribution in [3.05, 3.63) is 17.5 Å². The molecule has 5 nitrogen and oxygen atoms in total. The molecule has 82 valence electrons. The molecule has 0 spiro atoms. The highest BCUT2D eigenvalue weighted by atomic mass is 32.1. The number of nitrogens with zero attached hydrogens (tertiary/aromatic N) is 1. The summed E-state index contributed by atoms with van der Waals surface area (Å²) in [6.45, 7) is 1.65. The number of carboxylic acid groups (broad SMARTS) is 1. The number of hydrogen-bond acceptors (Lipinski definition) is 3. The van der Waals surface area contributed by atoms with E-state index in [1.807, 2.05) is 0 Å². The normalized spacial score (nSPS) is 12.1. The maximum atomic E-state index is 11.2. The van der Waals surface area contributed by atoms with Crippen LogP contribution in [0.3, 0.4) is 0 Å². The minimum absolute atomic E-state index is 0.124. The van der Waals surface area contributed by atoms with Gasteiger partial charge in [0.05, 0.1) is 11.4 Å². The summed E-state index contributed by atoms with van der Waals surface area (Å²) in [5.41, 5.74) is 5.21. The van der Waals surface area contributed by atoms with Crippen LogP contribution in [-0.4, -0.2) is 23.1 Å². The zero-order chi connectivity index (χ0) is 11.4. The summed E-state index contributed by atoms with van der Waals surface area (Å²) in [5.74, 6) is -0.953. The Morgan fingerprint density at radius 2 is 2.33 bits per heavy atom. The van der Waals surface area contributed by atoms with Gasteiger partial charge in [-0.3, -0.25) is 9.69 Å². The molecule has 1 heterocycles. The van der Waals surface area contributed by atoms with Gasteiger partial charge in [0.2, 0.25) is 0 Å². The number of anilines is 1. The Morgan fingerprint density at radius 1 is 1.67 bits per heavy atom. The van der Waals surface area contributed by atoms with Gasteiger partial charge in [-0.15, -0.1) is 11.3 Å². The van der Waals surface area contributed by atoms with Gasteiger partial charge >= 0.3 is 12.0 Å². The molecule has 1 aromatic heterocycles. The van der Waals surface area contributed by atoms with Gasteiger partial charge in [-0.1, -0.05) is 0 Å². The average Bonchev–Trinajstić information content (AvgIpc) is 2.54.